The van der Waals surface area contributed by atoms with Gasteiger partial charge in [-0.3, -0.25) is 0 Å². The molecule has 1 rings (SSSR count). The first kappa shape index (κ1) is 8.06. The molecule has 1 aliphatic carbocycles. The number of rotatable bonds is 2. The minimum absolute atomic E-state index is 0.318. The van der Waals surface area contributed by atoms with Crippen molar-refractivity contribution in [2.45, 2.75) is 45.4 Å². The van der Waals surface area contributed by atoms with E-state index in [1.54, 1.807) is 0 Å². The molecule has 0 bridgehead atoms. The van der Waals surface area contributed by atoms with Gasteiger partial charge in [-0.1, -0.05) is 26.2 Å². The van der Waals surface area contributed by atoms with Gasteiger partial charge in [0.15, 0.2) is 0 Å². The van der Waals surface area contributed by atoms with Crippen molar-refractivity contribution in [3.63, 3.8) is 0 Å². The van der Waals surface area contributed by atoms with Gasteiger partial charge in [0.2, 0.25) is 0 Å². The third-order valence-electron chi connectivity index (χ3n) is 3.00. The Morgan fingerprint density at radius 1 is 1.20 bits per heavy atom. The molecule has 0 saturated heterocycles. The average Bonchev–Trinajstić information content (AvgIpc) is 2.06. The Labute approximate surface area is 63.4 Å². The van der Waals surface area contributed by atoms with Crippen molar-refractivity contribution in [1.82, 2.24) is 0 Å². The Hall–Kier alpha value is -0.0400. The molecule has 1 aliphatic rings. The Balaban J connectivity index is 2.44. The minimum Gasteiger partial charge on any atom is -0.396 e. The summed E-state index contributed by atoms with van der Waals surface area (Å²) in [5.41, 5.74) is 0.318. The molecular formula is C9H18O. The fourth-order valence-electron chi connectivity index (χ4n) is 1.93. The van der Waals surface area contributed by atoms with Crippen molar-refractivity contribution >= 4 is 0 Å². The van der Waals surface area contributed by atoms with E-state index in [2.05, 4.69) is 6.92 Å². The largest absolute Gasteiger partial charge is 0.396 e. The first-order chi connectivity index (χ1) is 4.83. The van der Waals surface area contributed by atoms with Gasteiger partial charge in [0.1, 0.15) is 0 Å². The smallest absolute Gasteiger partial charge is 0.0487 e. The molecule has 1 fully saturated rings. The molecule has 0 aromatic rings. The van der Waals surface area contributed by atoms with Crippen molar-refractivity contribution in [2.24, 2.45) is 5.41 Å². The highest BCUT2D eigenvalue weighted by Gasteiger charge is 2.28. The maximum Gasteiger partial charge on any atom is 0.0487 e. The summed E-state index contributed by atoms with van der Waals surface area (Å²) in [6.45, 7) is 2.60. The molecule has 1 heteroatoms. The van der Waals surface area contributed by atoms with Crippen molar-refractivity contribution < 1.29 is 5.11 Å². The van der Waals surface area contributed by atoms with E-state index < -0.39 is 0 Å². The molecule has 0 spiro atoms. The van der Waals surface area contributed by atoms with Gasteiger partial charge >= 0.3 is 0 Å². The number of hydrogen-bond donors (Lipinski definition) is 1. The molecule has 1 nitrogen and oxygen atoms in total. The summed E-state index contributed by atoms with van der Waals surface area (Å²) in [6, 6.07) is 0. The Kier molecular flexibility index (Phi) is 2.72. The van der Waals surface area contributed by atoms with Crippen LogP contribution in [0.25, 0.3) is 0 Å². The zero-order chi connectivity index (χ0) is 7.45. The molecule has 0 aromatic heterocycles. The summed E-state index contributed by atoms with van der Waals surface area (Å²) in [7, 11) is 0. The third-order valence-corrected chi connectivity index (χ3v) is 3.00. The van der Waals surface area contributed by atoms with Crippen LogP contribution < -0.4 is 0 Å². The Bertz CT molecular complexity index is 86.9. The van der Waals surface area contributed by atoms with Crippen LogP contribution in [0.1, 0.15) is 45.4 Å². The fraction of sp³-hybridized carbons (Fsp3) is 1.00. The zero-order valence-corrected chi connectivity index (χ0v) is 6.90. The van der Waals surface area contributed by atoms with Gasteiger partial charge < -0.3 is 5.11 Å². The maximum absolute atomic E-state index is 9.14. The molecule has 0 atom stereocenters. The van der Waals surface area contributed by atoms with Crippen LogP contribution in [0.3, 0.4) is 0 Å². The van der Waals surface area contributed by atoms with Crippen molar-refractivity contribution in [2.75, 3.05) is 6.61 Å². The second-order valence-corrected chi connectivity index (χ2v) is 3.57. The number of hydrogen-bond acceptors (Lipinski definition) is 1. The Morgan fingerprint density at radius 2 is 1.80 bits per heavy atom. The Morgan fingerprint density at radius 3 is 2.10 bits per heavy atom. The lowest BCUT2D eigenvalue weighted by Crippen LogP contribution is -2.27. The molecule has 0 amide bonds. The number of aliphatic hydroxyl groups is 1. The van der Waals surface area contributed by atoms with Crippen LogP contribution in [-0.4, -0.2) is 11.7 Å². The quantitative estimate of drug-likeness (QED) is 0.627. The molecule has 0 aromatic carbocycles. The van der Waals surface area contributed by atoms with Crippen molar-refractivity contribution in [3.8, 4) is 0 Å². The van der Waals surface area contributed by atoms with E-state index in [4.69, 9.17) is 5.11 Å². The van der Waals surface area contributed by atoms with Crippen molar-refractivity contribution in [3.05, 3.63) is 0 Å². The van der Waals surface area contributed by atoms with E-state index >= 15 is 0 Å². The lowest BCUT2D eigenvalue weighted by atomic mass is 9.73. The summed E-state index contributed by atoms with van der Waals surface area (Å²) >= 11 is 0. The summed E-state index contributed by atoms with van der Waals surface area (Å²) in [6.07, 6.45) is 7.69. The van der Waals surface area contributed by atoms with Crippen LogP contribution in [-0.2, 0) is 0 Å². The SMILES string of the molecule is CCC1(CO)CCCCC1. The highest BCUT2D eigenvalue weighted by molar-refractivity contribution is 4.80. The predicted octanol–water partition coefficient (Wildman–Crippen LogP) is 2.34. The lowest BCUT2D eigenvalue weighted by molar-refractivity contribution is 0.0784. The van der Waals surface area contributed by atoms with E-state index in [0.717, 1.165) is 6.42 Å². The topological polar surface area (TPSA) is 20.2 Å². The van der Waals surface area contributed by atoms with Gasteiger partial charge in [-0.25, -0.2) is 0 Å². The second kappa shape index (κ2) is 3.38. The molecule has 1 saturated carbocycles. The average molecular weight is 142 g/mol. The van der Waals surface area contributed by atoms with Crippen LogP contribution >= 0.6 is 0 Å². The van der Waals surface area contributed by atoms with E-state index in [-0.39, 0.29) is 0 Å². The highest BCUT2D eigenvalue weighted by Crippen LogP contribution is 2.38. The summed E-state index contributed by atoms with van der Waals surface area (Å²) in [4.78, 5) is 0. The molecule has 0 heterocycles. The molecule has 0 unspecified atom stereocenters. The summed E-state index contributed by atoms with van der Waals surface area (Å²) in [5, 5.41) is 9.14. The van der Waals surface area contributed by atoms with E-state index in [0.29, 0.717) is 12.0 Å². The van der Waals surface area contributed by atoms with Gasteiger partial charge in [-0.2, -0.15) is 0 Å². The van der Waals surface area contributed by atoms with Gasteiger partial charge in [0, 0.05) is 6.61 Å². The fourth-order valence-corrected chi connectivity index (χ4v) is 1.93. The first-order valence-electron chi connectivity index (χ1n) is 4.44. The maximum atomic E-state index is 9.14. The van der Waals surface area contributed by atoms with Gasteiger partial charge in [0.05, 0.1) is 0 Å². The van der Waals surface area contributed by atoms with Gasteiger partial charge in [-0.15, -0.1) is 0 Å². The third kappa shape index (κ3) is 1.51. The van der Waals surface area contributed by atoms with Crippen LogP contribution in [0, 0.1) is 5.41 Å². The summed E-state index contributed by atoms with van der Waals surface area (Å²) < 4.78 is 0. The molecule has 60 valence electrons. The lowest BCUT2D eigenvalue weighted by Gasteiger charge is -2.34. The minimum atomic E-state index is 0.318. The van der Waals surface area contributed by atoms with Crippen molar-refractivity contribution in [1.29, 1.82) is 0 Å². The van der Waals surface area contributed by atoms with Gasteiger partial charge in [0.25, 0.3) is 0 Å². The van der Waals surface area contributed by atoms with Crippen LogP contribution in [0.15, 0.2) is 0 Å². The predicted molar refractivity (Wildman–Crippen MR) is 42.9 cm³/mol. The van der Waals surface area contributed by atoms with Gasteiger partial charge in [-0.05, 0) is 24.7 Å². The first-order valence-corrected chi connectivity index (χ1v) is 4.44. The highest BCUT2D eigenvalue weighted by atomic mass is 16.3. The number of aliphatic hydroxyl groups excluding tert-OH is 1. The molecule has 10 heavy (non-hydrogen) atoms. The molecular weight excluding hydrogens is 124 g/mol. The van der Waals surface area contributed by atoms with Crippen LogP contribution in [0.4, 0.5) is 0 Å². The van der Waals surface area contributed by atoms with E-state index in [1.807, 2.05) is 0 Å². The molecule has 1 N–H and O–H groups in total. The summed E-state index contributed by atoms with van der Waals surface area (Å²) in [5.74, 6) is 0. The molecule has 0 aliphatic heterocycles. The normalized spacial score (nSPS) is 24.6. The monoisotopic (exact) mass is 142 g/mol. The van der Waals surface area contributed by atoms with Crippen LogP contribution in [0.5, 0.6) is 0 Å². The van der Waals surface area contributed by atoms with E-state index in [9.17, 15) is 0 Å². The van der Waals surface area contributed by atoms with E-state index in [1.165, 1.54) is 32.1 Å². The zero-order valence-electron chi connectivity index (χ0n) is 6.90. The standard InChI is InChI=1S/C9H18O/c1-2-9(8-10)6-4-3-5-7-9/h10H,2-8H2,1H3. The second-order valence-electron chi connectivity index (χ2n) is 3.57. The van der Waals surface area contributed by atoms with Crippen LogP contribution in [0.2, 0.25) is 0 Å². The molecule has 0 radical (unpaired) electrons.